The third-order valence-electron chi connectivity index (χ3n) is 6.00. The lowest BCUT2D eigenvalue weighted by Crippen LogP contribution is -2.52. The number of benzene rings is 1. The predicted molar refractivity (Wildman–Crippen MR) is 110 cm³/mol. The van der Waals surface area contributed by atoms with Crippen LogP contribution in [0.1, 0.15) is 24.8 Å². The first kappa shape index (κ1) is 18.5. The molecule has 0 spiro atoms. The molecule has 2 aromatic rings. The van der Waals surface area contributed by atoms with Gasteiger partial charge in [0.25, 0.3) is 0 Å². The predicted octanol–water partition coefficient (Wildman–Crippen LogP) is 3.37. The highest BCUT2D eigenvalue weighted by atomic mass is 35.5. The van der Waals surface area contributed by atoms with Gasteiger partial charge in [-0.1, -0.05) is 18.0 Å². The number of nitrogens with zero attached hydrogens (tertiary/aromatic N) is 5. The summed E-state index contributed by atoms with van der Waals surface area (Å²) in [5.74, 6) is 0. The maximum atomic E-state index is 9.61. The number of piperidine rings is 1. The SMILES string of the molecule is CN1CCCCC1CN1CCN(c2c(C#N)cnc3ccc(Cl)cc23)CC1. The van der Waals surface area contributed by atoms with Gasteiger partial charge in [-0.05, 0) is 44.6 Å². The molecule has 1 aromatic carbocycles. The Morgan fingerprint density at radius 2 is 2.00 bits per heavy atom. The minimum atomic E-state index is 0.630. The molecule has 1 atom stereocenters. The molecule has 2 aliphatic heterocycles. The summed E-state index contributed by atoms with van der Waals surface area (Å²) < 4.78 is 0. The number of halogens is 1. The highest BCUT2D eigenvalue weighted by Crippen LogP contribution is 2.32. The van der Waals surface area contributed by atoms with Crippen LogP contribution in [0.15, 0.2) is 24.4 Å². The molecular formula is C21H26ClN5. The molecule has 3 heterocycles. The minimum Gasteiger partial charge on any atom is -0.367 e. The molecule has 142 valence electrons. The molecule has 1 unspecified atom stereocenters. The summed E-state index contributed by atoms with van der Waals surface area (Å²) >= 11 is 6.23. The van der Waals surface area contributed by atoms with E-state index in [0.29, 0.717) is 16.6 Å². The van der Waals surface area contributed by atoms with Crippen molar-refractivity contribution in [3.05, 3.63) is 35.0 Å². The van der Waals surface area contributed by atoms with E-state index in [2.05, 4.69) is 32.8 Å². The normalized spacial score (nSPS) is 22.1. The van der Waals surface area contributed by atoms with Gasteiger partial charge in [0.1, 0.15) is 6.07 Å². The molecule has 0 bridgehead atoms. The molecule has 0 radical (unpaired) electrons. The van der Waals surface area contributed by atoms with Crippen molar-refractivity contribution in [2.75, 3.05) is 51.2 Å². The quantitative estimate of drug-likeness (QED) is 0.813. The zero-order valence-electron chi connectivity index (χ0n) is 15.9. The number of anilines is 1. The summed E-state index contributed by atoms with van der Waals surface area (Å²) in [4.78, 5) is 11.8. The van der Waals surface area contributed by atoms with Crippen LogP contribution in [-0.2, 0) is 0 Å². The van der Waals surface area contributed by atoms with Gasteiger partial charge in [0.2, 0.25) is 0 Å². The van der Waals surface area contributed by atoms with Crippen molar-refractivity contribution in [1.29, 1.82) is 5.26 Å². The summed E-state index contributed by atoms with van der Waals surface area (Å²) in [6.07, 6.45) is 5.68. The first-order valence-corrected chi connectivity index (χ1v) is 10.2. The van der Waals surface area contributed by atoms with Gasteiger partial charge >= 0.3 is 0 Å². The van der Waals surface area contributed by atoms with Gasteiger partial charge in [-0.25, -0.2) is 0 Å². The fourth-order valence-electron chi connectivity index (χ4n) is 4.40. The Morgan fingerprint density at radius 3 is 2.74 bits per heavy atom. The molecular weight excluding hydrogens is 358 g/mol. The van der Waals surface area contributed by atoms with Crippen molar-refractivity contribution in [2.45, 2.75) is 25.3 Å². The Bertz CT molecular complexity index is 854. The van der Waals surface area contributed by atoms with Gasteiger partial charge in [-0.15, -0.1) is 0 Å². The highest BCUT2D eigenvalue weighted by molar-refractivity contribution is 6.31. The maximum Gasteiger partial charge on any atom is 0.103 e. The number of pyridine rings is 1. The lowest BCUT2D eigenvalue weighted by Gasteiger charge is -2.41. The van der Waals surface area contributed by atoms with Crippen molar-refractivity contribution in [1.82, 2.24) is 14.8 Å². The second-order valence-electron chi connectivity index (χ2n) is 7.71. The first-order chi connectivity index (χ1) is 13.2. The molecule has 27 heavy (non-hydrogen) atoms. The van der Waals surface area contributed by atoms with Crippen molar-refractivity contribution >= 4 is 28.2 Å². The maximum absolute atomic E-state index is 9.61. The van der Waals surface area contributed by atoms with E-state index in [1.54, 1.807) is 6.20 Å². The average molecular weight is 384 g/mol. The van der Waals surface area contributed by atoms with Crippen LogP contribution in [0.3, 0.4) is 0 Å². The molecule has 6 heteroatoms. The molecule has 0 N–H and O–H groups in total. The number of rotatable bonds is 3. The van der Waals surface area contributed by atoms with E-state index in [9.17, 15) is 5.26 Å². The molecule has 2 fully saturated rings. The minimum absolute atomic E-state index is 0.630. The Morgan fingerprint density at radius 1 is 1.19 bits per heavy atom. The number of aromatic nitrogens is 1. The van der Waals surface area contributed by atoms with E-state index in [1.807, 2.05) is 18.2 Å². The van der Waals surface area contributed by atoms with Crippen molar-refractivity contribution in [3.63, 3.8) is 0 Å². The van der Waals surface area contributed by atoms with Crippen LogP contribution in [0.2, 0.25) is 5.02 Å². The topological polar surface area (TPSA) is 46.4 Å². The smallest absolute Gasteiger partial charge is 0.103 e. The number of fused-ring (bicyclic) bond motifs is 1. The first-order valence-electron chi connectivity index (χ1n) is 9.81. The molecule has 2 saturated heterocycles. The molecule has 1 aromatic heterocycles. The van der Waals surface area contributed by atoms with E-state index < -0.39 is 0 Å². The fraction of sp³-hybridized carbons (Fsp3) is 0.524. The Labute approximate surface area is 166 Å². The Kier molecular flexibility index (Phi) is 5.49. The third-order valence-corrected chi connectivity index (χ3v) is 6.24. The van der Waals surface area contributed by atoms with E-state index in [4.69, 9.17) is 11.6 Å². The molecule has 2 aliphatic rings. The van der Waals surface area contributed by atoms with Gasteiger partial charge in [-0.3, -0.25) is 9.88 Å². The molecule has 0 amide bonds. The van der Waals surface area contributed by atoms with Gasteiger partial charge in [0, 0.05) is 55.4 Å². The molecule has 0 saturated carbocycles. The number of hydrogen-bond donors (Lipinski definition) is 0. The molecule has 4 rings (SSSR count). The summed E-state index contributed by atoms with van der Waals surface area (Å²) in [5, 5.41) is 11.3. The lowest BCUT2D eigenvalue weighted by atomic mass is 10.0. The van der Waals surface area contributed by atoms with Crippen molar-refractivity contribution in [3.8, 4) is 6.07 Å². The van der Waals surface area contributed by atoms with Gasteiger partial charge in [0.05, 0.1) is 16.8 Å². The zero-order valence-corrected chi connectivity index (χ0v) is 16.6. The summed E-state index contributed by atoms with van der Waals surface area (Å²) in [6.45, 7) is 6.28. The van der Waals surface area contributed by atoms with Crippen molar-refractivity contribution < 1.29 is 0 Å². The van der Waals surface area contributed by atoms with Crippen LogP contribution < -0.4 is 4.90 Å². The number of piperazine rings is 1. The third kappa shape index (κ3) is 3.89. The standard InChI is InChI=1S/C21H26ClN5/c1-25-7-3-2-4-18(25)15-26-8-10-27(11-9-26)21-16(13-23)14-24-20-6-5-17(22)12-19(20)21/h5-6,12,14,18H,2-4,7-11,15H2,1H3. The number of nitriles is 1. The van der Waals surface area contributed by atoms with Crippen LogP contribution in [0, 0.1) is 11.3 Å². The number of hydrogen-bond acceptors (Lipinski definition) is 5. The van der Waals surface area contributed by atoms with E-state index >= 15 is 0 Å². The van der Waals surface area contributed by atoms with Crippen LogP contribution in [0.5, 0.6) is 0 Å². The van der Waals surface area contributed by atoms with Crippen LogP contribution in [0.25, 0.3) is 10.9 Å². The van der Waals surface area contributed by atoms with Gasteiger partial charge in [-0.2, -0.15) is 5.26 Å². The Balaban J connectivity index is 1.51. The van der Waals surface area contributed by atoms with E-state index in [1.165, 1.54) is 25.8 Å². The average Bonchev–Trinajstić information content (AvgIpc) is 2.69. The fourth-order valence-corrected chi connectivity index (χ4v) is 4.57. The summed E-state index contributed by atoms with van der Waals surface area (Å²) in [5.41, 5.74) is 2.50. The summed E-state index contributed by atoms with van der Waals surface area (Å²) in [6, 6.07) is 8.72. The van der Waals surface area contributed by atoms with Crippen LogP contribution >= 0.6 is 11.6 Å². The van der Waals surface area contributed by atoms with Gasteiger partial charge in [0.15, 0.2) is 0 Å². The lowest BCUT2D eigenvalue weighted by molar-refractivity contribution is 0.125. The number of likely N-dealkylation sites (N-methyl/N-ethyl adjacent to an activating group) is 1. The Hall–Kier alpha value is -1.87. The van der Waals surface area contributed by atoms with Crippen LogP contribution in [-0.4, -0.2) is 67.1 Å². The second-order valence-corrected chi connectivity index (χ2v) is 8.15. The summed E-state index contributed by atoms with van der Waals surface area (Å²) in [7, 11) is 2.26. The molecule has 5 nitrogen and oxygen atoms in total. The van der Waals surface area contributed by atoms with Gasteiger partial charge < -0.3 is 9.80 Å². The second kappa shape index (κ2) is 8.02. The zero-order chi connectivity index (χ0) is 18.8. The number of likely N-dealkylation sites (tertiary alicyclic amines) is 1. The highest BCUT2D eigenvalue weighted by Gasteiger charge is 2.26. The van der Waals surface area contributed by atoms with E-state index in [0.717, 1.165) is 49.3 Å². The monoisotopic (exact) mass is 383 g/mol. The molecule has 0 aliphatic carbocycles. The van der Waals surface area contributed by atoms with E-state index in [-0.39, 0.29) is 0 Å². The van der Waals surface area contributed by atoms with Crippen molar-refractivity contribution in [2.24, 2.45) is 0 Å². The largest absolute Gasteiger partial charge is 0.367 e. The van der Waals surface area contributed by atoms with Crippen LogP contribution in [0.4, 0.5) is 5.69 Å².